The van der Waals surface area contributed by atoms with Gasteiger partial charge in [0.2, 0.25) is 5.88 Å². The molecule has 1 saturated carbocycles. The molecule has 3 saturated heterocycles. The standard InChI is InChI=1S/C41H53ClFN7O7/c1-24-19-26-25(20-44-50(26)28-12-7-8-17-55-28)29(31(24)42)33-32(43)34-30(36(45-33)53-6)35(48-16-18-54-22-40(5,52)21-48)47-37(46-34)56-23-41-13-9-11-27(41)49(15-10-14-41)38(51)57-39(2,3)4/h19-20,27-28,52H,7-18,21-23H2,1-6H3/t27-,28?,40?,41-/m1/s1. The molecule has 1 aliphatic carbocycles. The van der Waals surface area contributed by atoms with Crippen molar-refractivity contribution in [3.05, 3.63) is 28.7 Å². The van der Waals surface area contributed by atoms with Crippen LogP contribution in [-0.2, 0) is 14.2 Å². The van der Waals surface area contributed by atoms with Gasteiger partial charge in [-0.1, -0.05) is 18.0 Å². The van der Waals surface area contributed by atoms with Gasteiger partial charge in [-0.05, 0) is 91.2 Å². The topological polar surface area (TPSA) is 146 Å². The number of aryl methyl sites for hydroxylation is 1. The van der Waals surface area contributed by atoms with Crippen LogP contribution in [0.1, 0.15) is 90.9 Å². The summed E-state index contributed by atoms with van der Waals surface area (Å²) in [5.41, 5.74) is -0.532. The second-order valence-electron chi connectivity index (χ2n) is 17.4. The quantitative estimate of drug-likeness (QED) is 0.199. The van der Waals surface area contributed by atoms with Crippen LogP contribution < -0.4 is 14.4 Å². The Bertz CT molecular complexity index is 2170. The molecule has 3 aromatic heterocycles. The highest BCUT2D eigenvalue weighted by atomic mass is 35.5. The van der Waals surface area contributed by atoms with Crippen LogP contribution in [0.3, 0.4) is 0 Å². The van der Waals surface area contributed by atoms with Gasteiger partial charge in [-0.2, -0.15) is 15.1 Å². The van der Waals surface area contributed by atoms with E-state index in [9.17, 15) is 9.90 Å². The van der Waals surface area contributed by atoms with Gasteiger partial charge in [0.25, 0.3) is 0 Å². The number of nitrogens with zero attached hydrogens (tertiary/aromatic N) is 7. The van der Waals surface area contributed by atoms with Crippen LogP contribution in [0.5, 0.6) is 11.9 Å². The van der Waals surface area contributed by atoms with Crippen molar-refractivity contribution in [2.24, 2.45) is 5.41 Å². The first-order valence-corrected chi connectivity index (χ1v) is 20.5. The minimum Gasteiger partial charge on any atom is -0.480 e. The molecule has 0 radical (unpaired) electrons. The van der Waals surface area contributed by atoms with E-state index in [-0.39, 0.29) is 77.8 Å². The van der Waals surface area contributed by atoms with Crippen molar-refractivity contribution in [1.82, 2.24) is 29.6 Å². The van der Waals surface area contributed by atoms with Gasteiger partial charge in [-0.15, -0.1) is 0 Å². The summed E-state index contributed by atoms with van der Waals surface area (Å²) in [4.78, 5) is 31.5. The van der Waals surface area contributed by atoms with E-state index in [0.717, 1.165) is 62.4 Å². The van der Waals surface area contributed by atoms with E-state index in [1.807, 2.05) is 48.2 Å². The molecule has 308 valence electrons. The highest BCUT2D eigenvalue weighted by Crippen LogP contribution is 2.49. The van der Waals surface area contributed by atoms with E-state index >= 15 is 4.39 Å². The first kappa shape index (κ1) is 39.8. The molecule has 16 heteroatoms. The van der Waals surface area contributed by atoms with Crippen LogP contribution in [0.25, 0.3) is 33.1 Å². The molecule has 4 aliphatic rings. The average Bonchev–Trinajstić information content (AvgIpc) is 3.75. The van der Waals surface area contributed by atoms with Crippen LogP contribution in [-0.4, -0.2) is 111 Å². The zero-order valence-electron chi connectivity index (χ0n) is 33.7. The van der Waals surface area contributed by atoms with Gasteiger partial charge in [-0.3, -0.25) is 0 Å². The number of anilines is 1. The van der Waals surface area contributed by atoms with Gasteiger partial charge >= 0.3 is 12.1 Å². The summed E-state index contributed by atoms with van der Waals surface area (Å²) in [7, 11) is 1.46. The lowest BCUT2D eigenvalue weighted by Crippen LogP contribution is -2.55. The number of halogens is 2. The molecular formula is C41H53ClFN7O7. The number of piperidine rings is 1. The van der Waals surface area contributed by atoms with Crippen LogP contribution in [0.2, 0.25) is 5.02 Å². The molecule has 14 nitrogen and oxygen atoms in total. The summed E-state index contributed by atoms with van der Waals surface area (Å²) < 4.78 is 49.5. The van der Waals surface area contributed by atoms with Gasteiger partial charge in [-0.25, -0.2) is 18.9 Å². The number of pyridine rings is 1. The molecule has 1 amide bonds. The number of carbonyl (C=O) groups is 1. The Morgan fingerprint density at radius 1 is 1.11 bits per heavy atom. The number of amides is 1. The van der Waals surface area contributed by atoms with Gasteiger partial charge in [0.05, 0.1) is 50.2 Å². The molecular weight excluding hydrogens is 757 g/mol. The van der Waals surface area contributed by atoms with Gasteiger partial charge in [0, 0.05) is 42.1 Å². The molecule has 8 rings (SSSR count). The fourth-order valence-electron chi connectivity index (χ4n) is 9.21. The zero-order valence-corrected chi connectivity index (χ0v) is 34.5. The van der Waals surface area contributed by atoms with Crippen molar-refractivity contribution in [1.29, 1.82) is 0 Å². The third-order valence-corrected chi connectivity index (χ3v) is 12.3. The lowest BCUT2D eigenvalue weighted by atomic mass is 9.75. The summed E-state index contributed by atoms with van der Waals surface area (Å²) in [6, 6.07) is 1.81. The molecule has 57 heavy (non-hydrogen) atoms. The molecule has 3 aliphatic heterocycles. The molecule has 2 unspecified atom stereocenters. The maximum atomic E-state index is 17.6. The molecule has 0 spiro atoms. The second-order valence-corrected chi connectivity index (χ2v) is 17.7. The normalized spacial score (nSPS) is 25.8. The van der Waals surface area contributed by atoms with Crippen molar-refractivity contribution in [3.63, 3.8) is 0 Å². The lowest BCUT2D eigenvalue weighted by molar-refractivity contribution is -0.0366. The van der Waals surface area contributed by atoms with E-state index < -0.39 is 17.0 Å². The number of aliphatic hydroxyl groups is 1. The summed E-state index contributed by atoms with van der Waals surface area (Å²) in [5, 5.41) is 17.1. The number of likely N-dealkylation sites (tertiary alicyclic amines) is 1. The Hall–Kier alpha value is -4.05. The monoisotopic (exact) mass is 809 g/mol. The van der Waals surface area contributed by atoms with Crippen molar-refractivity contribution in [2.75, 3.05) is 58.1 Å². The first-order valence-electron chi connectivity index (χ1n) is 20.1. The van der Waals surface area contributed by atoms with E-state index in [1.165, 1.54) is 7.11 Å². The summed E-state index contributed by atoms with van der Waals surface area (Å²) in [5.74, 6) is -0.368. The van der Waals surface area contributed by atoms with Gasteiger partial charge < -0.3 is 38.6 Å². The number of rotatable bonds is 7. The maximum Gasteiger partial charge on any atom is 0.410 e. The molecule has 4 fully saturated rings. The van der Waals surface area contributed by atoms with Gasteiger partial charge in [0.1, 0.15) is 33.6 Å². The fourth-order valence-corrected chi connectivity index (χ4v) is 9.45. The number of benzene rings is 1. The third kappa shape index (κ3) is 7.56. The van der Waals surface area contributed by atoms with E-state index in [2.05, 4.69) is 0 Å². The van der Waals surface area contributed by atoms with Crippen LogP contribution >= 0.6 is 11.6 Å². The molecule has 1 N–H and O–H groups in total. The molecule has 4 atom stereocenters. The van der Waals surface area contributed by atoms with E-state index in [1.54, 1.807) is 13.1 Å². The number of hydrogen-bond acceptors (Lipinski definition) is 12. The number of aromatic nitrogens is 5. The Labute approximate surface area is 336 Å². The van der Waals surface area contributed by atoms with Crippen molar-refractivity contribution in [3.8, 4) is 23.1 Å². The average molecular weight is 810 g/mol. The maximum absolute atomic E-state index is 17.6. The predicted molar refractivity (Wildman–Crippen MR) is 213 cm³/mol. The van der Waals surface area contributed by atoms with Crippen LogP contribution in [0, 0.1) is 18.2 Å². The second kappa shape index (κ2) is 15.3. The number of carbonyl (C=O) groups excluding carboxylic acids is 1. The minimum absolute atomic E-state index is 0.0439. The number of fused-ring (bicyclic) bond motifs is 3. The molecule has 0 bridgehead atoms. The predicted octanol–water partition coefficient (Wildman–Crippen LogP) is 7.39. The van der Waals surface area contributed by atoms with Crippen LogP contribution in [0.4, 0.5) is 15.0 Å². The lowest BCUT2D eigenvalue weighted by Gasteiger charge is -2.46. The fraction of sp³-hybridized carbons (Fsp3) is 0.634. The largest absolute Gasteiger partial charge is 0.480 e. The Balaban J connectivity index is 1.25. The summed E-state index contributed by atoms with van der Waals surface area (Å²) in [6.07, 6.45) is 8.15. The van der Waals surface area contributed by atoms with E-state index in [0.29, 0.717) is 42.3 Å². The first-order chi connectivity index (χ1) is 27.2. The number of methoxy groups -OCH3 is 1. The van der Waals surface area contributed by atoms with E-state index in [4.69, 9.17) is 55.3 Å². The third-order valence-electron chi connectivity index (χ3n) is 11.8. The summed E-state index contributed by atoms with van der Waals surface area (Å²) in [6.45, 7) is 11.5. The Kier molecular flexibility index (Phi) is 10.7. The molecule has 1 aromatic carbocycles. The smallest absolute Gasteiger partial charge is 0.410 e. The SMILES string of the molecule is COc1nc(-c2c(Cl)c(C)cc3c2cnn3C2CCCCO2)c(F)c2nc(OC[C@]34CCC[C@H]3N(C(=O)OC(C)(C)C)CCC4)nc(N3CCOCC(C)(O)C3)c12. The highest BCUT2D eigenvalue weighted by molar-refractivity contribution is 6.35. The Morgan fingerprint density at radius 3 is 2.67 bits per heavy atom. The number of hydrogen-bond donors (Lipinski definition) is 1. The molecule has 6 heterocycles. The van der Waals surface area contributed by atoms with Crippen molar-refractivity contribution >= 4 is 45.3 Å². The van der Waals surface area contributed by atoms with Crippen molar-refractivity contribution < 1.29 is 38.0 Å². The summed E-state index contributed by atoms with van der Waals surface area (Å²) >= 11 is 7.05. The van der Waals surface area contributed by atoms with Gasteiger partial charge in [0.15, 0.2) is 12.0 Å². The number of β-amino-alcohol motifs (C(OH)–C–C–N with tert-alkyl or cyclic N) is 1. The van der Waals surface area contributed by atoms with Crippen molar-refractivity contribution in [2.45, 2.75) is 109 Å². The minimum atomic E-state index is -1.24. The molecule has 4 aromatic rings. The Morgan fingerprint density at radius 2 is 1.91 bits per heavy atom. The van der Waals surface area contributed by atoms with Crippen LogP contribution in [0.15, 0.2) is 12.3 Å². The zero-order chi connectivity index (χ0) is 40.3. The number of ether oxygens (including phenoxy) is 5. The highest BCUT2D eigenvalue weighted by Gasteiger charge is 2.51.